The van der Waals surface area contributed by atoms with Crippen LogP contribution < -0.4 is 14.8 Å². The van der Waals surface area contributed by atoms with Crippen LogP contribution in [0.5, 0.6) is 17.4 Å². The highest BCUT2D eigenvalue weighted by atomic mass is 16.5. The zero-order chi connectivity index (χ0) is 23.9. The maximum Gasteiger partial charge on any atom is 0.255 e. The summed E-state index contributed by atoms with van der Waals surface area (Å²) >= 11 is 0. The lowest BCUT2D eigenvalue weighted by Crippen LogP contribution is -2.12. The van der Waals surface area contributed by atoms with Gasteiger partial charge in [-0.2, -0.15) is 0 Å². The molecule has 0 aliphatic carbocycles. The second-order valence-electron chi connectivity index (χ2n) is 7.74. The van der Waals surface area contributed by atoms with Crippen molar-refractivity contribution < 1.29 is 14.3 Å². The number of aryl methyl sites for hydroxylation is 2. The van der Waals surface area contributed by atoms with E-state index in [9.17, 15) is 4.79 Å². The molecule has 2 aromatic carbocycles. The molecule has 172 valence electrons. The number of nitrogens with one attached hydrogen (secondary N) is 1. The molecule has 4 aromatic rings. The third kappa shape index (κ3) is 5.41. The Balaban J connectivity index is 1.59. The Morgan fingerprint density at radius 3 is 2.65 bits per heavy atom. The molecular formula is C28H27N3O3. The molecule has 0 atom stereocenters. The molecule has 0 saturated carbocycles. The quantitative estimate of drug-likeness (QED) is 0.331. The maximum absolute atomic E-state index is 12.9. The molecule has 0 bridgehead atoms. The van der Waals surface area contributed by atoms with Crippen LogP contribution >= 0.6 is 0 Å². The number of hydrogen-bond donors (Lipinski definition) is 1. The van der Waals surface area contributed by atoms with Gasteiger partial charge in [-0.15, -0.1) is 0 Å². The number of carbonyl (C=O) groups is 1. The van der Waals surface area contributed by atoms with E-state index in [0.29, 0.717) is 35.2 Å². The normalized spacial score (nSPS) is 10.6. The Hall–Kier alpha value is -4.19. The van der Waals surface area contributed by atoms with Crippen LogP contribution in [0.15, 0.2) is 79.1 Å². The summed E-state index contributed by atoms with van der Waals surface area (Å²) in [6, 6.07) is 20.5. The summed E-state index contributed by atoms with van der Waals surface area (Å²) in [5, 5.41) is 2.92. The molecule has 2 aromatic heterocycles. The summed E-state index contributed by atoms with van der Waals surface area (Å²) in [6.07, 6.45) is 4.33. The average Bonchev–Trinajstić information content (AvgIpc) is 2.86. The predicted octanol–water partition coefficient (Wildman–Crippen LogP) is 6.46. The Bertz CT molecular complexity index is 1300. The van der Waals surface area contributed by atoms with E-state index in [-0.39, 0.29) is 5.91 Å². The van der Waals surface area contributed by atoms with E-state index >= 15 is 0 Å². The molecule has 6 nitrogen and oxygen atoms in total. The Kier molecular flexibility index (Phi) is 7.18. The van der Waals surface area contributed by atoms with Gasteiger partial charge in [-0.05, 0) is 79.9 Å². The van der Waals surface area contributed by atoms with E-state index in [4.69, 9.17) is 9.47 Å². The number of rotatable bonds is 8. The van der Waals surface area contributed by atoms with Crippen molar-refractivity contribution in [3.63, 3.8) is 0 Å². The standard InChI is InChI=1S/C28H27N3O3/c1-4-22-16-20(13-15-29-22)25-10-7-14-30-28(25)34-26-17-21(12-11-19(26)3)27(32)31-23-8-6-9-24(18-23)33-5-2/h6-18H,4-5H2,1-3H3,(H,31,32). The lowest BCUT2D eigenvalue weighted by atomic mass is 10.1. The summed E-state index contributed by atoms with van der Waals surface area (Å²) < 4.78 is 11.7. The second-order valence-corrected chi connectivity index (χ2v) is 7.74. The Morgan fingerprint density at radius 1 is 0.941 bits per heavy atom. The van der Waals surface area contributed by atoms with Crippen LogP contribution in [0.4, 0.5) is 5.69 Å². The van der Waals surface area contributed by atoms with Crippen LogP contribution in [0, 0.1) is 6.92 Å². The van der Waals surface area contributed by atoms with E-state index in [0.717, 1.165) is 28.8 Å². The first kappa shape index (κ1) is 23.0. The molecule has 0 unspecified atom stereocenters. The van der Waals surface area contributed by atoms with Crippen molar-refractivity contribution >= 4 is 11.6 Å². The molecule has 4 rings (SSSR count). The van der Waals surface area contributed by atoms with Crippen LogP contribution in [-0.2, 0) is 6.42 Å². The highest BCUT2D eigenvalue weighted by Gasteiger charge is 2.14. The average molecular weight is 454 g/mol. The number of pyridine rings is 2. The summed E-state index contributed by atoms with van der Waals surface area (Å²) in [4.78, 5) is 21.8. The van der Waals surface area contributed by atoms with Gasteiger partial charge in [0, 0.05) is 41.0 Å². The van der Waals surface area contributed by atoms with Crippen LogP contribution in [-0.4, -0.2) is 22.5 Å². The number of ether oxygens (including phenoxy) is 2. The molecule has 0 radical (unpaired) electrons. The van der Waals surface area contributed by atoms with Crippen molar-refractivity contribution in [1.29, 1.82) is 0 Å². The van der Waals surface area contributed by atoms with Crippen molar-refractivity contribution in [3.05, 3.63) is 95.9 Å². The van der Waals surface area contributed by atoms with E-state index in [2.05, 4.69) is 22.2 Å². The fourth-order valence-corrected chi connectivity index (χ4v) is 3.52. The van der Waals surface area contributed by atoms with Gasteiger partial charge in [0.15, 0.2) is 0 Å². The number of anilines is 1. The van der Waals surface area contributed by atoms with Gasteiger partial charge >= 0.3 is 0 Å². The van der Waals surface area contributed by atoms with Crippen LogP contribution in [0.3, 0.4) is 0 Å². The van der Waals surface area contributed by atoms with Crippen molar-refractivity contribution in [2.45, 2.75) is 27.2 Å². The number of benzene rings is 2. The molecule has 0 aliphatic heterocycles. The van der Waals surface area contributed by atoms with E-state index < -0.39 is 0 Å². The van der Waals surface area contributed by atoms with Gasteiger partial charge in [0.1, 0.15) is 11.5 Å². The summed E-state index contributed by atoms with van der Waals surface area (Å²) in [5.74, 6) is 1.51. The van der Waals surface area contributed by atoms with Crippen LogP contribution in [0.2, 0.25) is 0 Å². The van der Waals surface area contributed by atoms with Gasteiger partial charge in [0.25, 0.3) is 5.91 Å². The van der Waals surface area contributed by atoms with Crippen LogP contribution in [0.1, 0.15) is 35.5 Å². The van der Waals surface area contributed by atoms with E-state index in [1.54, 1.807) is 30.6 Å². The maximum atomic E-state index is 12.9. The predicted molar refractivity (Wildman–Crippen MR) is 134 cm³/mol. The Morgan fingerprint density at radius 2 is 1.82 bits per heavy atom. The first-order valence-electron chi connectivity index (χ1n) is 11.3. The number of amides is 1. The molecule has 0 saturated heterocycles. The fourth-order valence-electron chi connectivity index (χ4n) is 3.52. The minimum atomic E-state index is -0.235. The first-order valence-corrected chi connectivity index (χ1v) is 11.3. The second kappa shape index (κ2) is 10.6. The molecule has 34 heavy (non-hydrogen) atoms. The molecule has 0 fully saturated rings. The topological polar surface area (TPSA) is 73.3 Å². The van der Waals surface area contributed by atoms with Gasteiger partial charge < -0.3 is 14.8 Å². The minimum Gasteiger partial charge on any atom is -0.494 e. The molecule has 1 amide bonds. The van der Waals surface area contributed by atoms with Gasteiger partial charge in [-0.3, -0.25) is 9.78 Å². The zero-order valence-electron chi connectivity index (χ0n) is 19.5. The van der Waals surface area contributed by atoms with Crippen molar-refractivity contribution in [2.75, 3.05) is 11.9 Å². The third-order valence-corrected chi connectivity index (χ3v) is 5.32. The van der Waals surface area contributed by atoms with Gasteiger partial charge in [0.2, 0.25) is 5.88 Å². The zero-order valence-corrected chi connectivity index (χ0v) is 19.5. The lowest BCUT2D eigenvalue weighted by Gasteiger charge is -2.14. The third-order valence-electron chi connectivity index (χ3n) is 5.32. The smallest absolute Gasteiger partial charge is 0.255 e. The van der Waals surface area contributed by atoms with Gasteiger partial charge in [-0.1, -0.05) is 19.1 Å². The van der Waals surface area contributed by atoms with Crippen LogP contribution in [0.25, 0.3) is 11.1 Å². The Labute approximate surface area is 199 Å². The summed E-state index contributed by atoms with van der Waals surface area (Å²) in [6.45, 7) is 6.49. The lowest BCUT2D eigenvalue weighted by molar-refractivity contribution is 0.102. The number of carbonyl (C=O) groups excluding carboxylic acids is 1. The van der Waals surface area contributed by atoms with Crippen molar-refractivity contribution in [1.82, 2.24) is 9.97 Å². The molecule has 6 heteroatoms. The van der Waals surface area contributed by atoms with E-state index in [1.807, 2.05) is 62.4 Å². The molecule has 0 aliphatic rings. The summed E-state index contributed by atoms with van der Waals surface area (Å²) in [5.41, 5.74) is 4.88. The van der Waals surface area contributed by atoms with E-state index in [1.165, 1.54) is 0 Å². The number of aromatic nitrogens is 2. The molecule has 2 heterocycles. The molecular weight excluding hydrogens is 426 g/mol. The fraction of sp³-hybridized carbons (Fsp3) is 0.179. The molecule has 0 spiro atoms. The molecule has 1 N–H and O–H groups in total. The number of hydrogen-bond acceptors (Lipinski definition) is 5. The monoisotopic (exact) mass is 453 g/mol. The minimum absolute atomic E-state index is 0.235. The highest BCUT2D eigenvalue weighted by Crippen LogP contribution is 2.33. The van der Waals surface area contributed by atoms with Crippen molar-refractivity contribution in [3.8, 4) is 28.5 Å². The number of nitrogens with zero attached hydrogens (tertiary/aromatic N) is 2. The van der Waals surface area contributed by atoms with Gasteiger partial charge in [0.05, 0.1) is 6.61 Å². The van der Waals surface area contributed by atoms with Crippen molar-refractivity contribution in [2.24, 2.45) is 0 Å². The largest absolute Gasteiger partial charge is 0.494 e. The first-order chi connectivity index (χ1) is 16.6. The highest BCUT2D eigenvalue weighted by molar-refractivity contribution is 6.04. The summed E-state index contributed by atoms with van der Waals surface area (Å²) in [7, 11) is 0. The van der Waals surface area contributed by atoms with Gasteiger partial charge in [-0.25, -0.2) is 4.98 Å². The SMILES string of the molecule is CCOc1cccc(NC(=O)c2ccc(C)c(Oc3ncccc3-c3ccnc(CC)c3)c2)c1.